The molecule has 3 aromatic rings. The molecule has 1 unspecified atom stereocenters. The van der Waals surface area contributed by atoms with Gasteiger partial charge in [-0.1, -0.05) is 26.8 Å². The zero-order chi connectivity index (χ0) is 18.9. The molecule has 0 fully saturated rings. The van der Waals surface area contributed by atoms with Gasteiger partial charge in [0.2, 0.25) is 11.8 Å². The molecular formula is C19H21N3O3S. The van der Waals surface area contributed by atoms with Gasteiger partial charge in [0.05, 0.1) is 4.88 Å². The van der Waals surface area contributed by atoms with Crippen LogP contribution in [0, 0.1) is 0 Å². The monoisotopic (exact) mass is 371 g/mol. The van der Waals surface area contributed by atoms with E-state index in [4.69, 9.17) is 4.42 Å². The number of nitrogens with zero attached hydrogens (tertiary/aromatic N) is 1. The average Bonchev–Trinajstić information content (AvgIpc) is 3.23. The van der Waals surface area contributed by atoms with Crippen LogP contribution in [0.1, 0.15) is 43.3 Å². The highest BCUT2D eigenvalue weighted by Gasteiger charge is 2.21. The fourth-order valence-electron chi connectivity index (χ4n) is 2.32. The van der Waals surface area contributed by atoms with Gasteiger partial charge in [0.1, 0.15) is 11.6 Å². The number of carbonyl (C=O) groups is 2. The zero-order valence-corrected chi connectivity index (χ0v) is 15.9. The Kier molecular flexibility index (Phi) is 4.82. The van der Waals surface area contributed by atoms with Gasteiger partial charge < -0.3 is 15.1 Å². The quantitative estimate of drug-likeness (QED) is 0.727. The number of aromatic nitrogens is 1. The van der Waals surface area contributed by atoms with Crippen molar-refractivity contribution in [2.24, 2.45) is 0 Å². The summed E-state index contributed by atoms with van der Waals surface area (Å²) in [6.07, 6.45) is 0. The summed E-state index contributed by atoms with van der Waals surface area (Å²) in [5.74, 6) is 0.0887. The number of carbonyl (C=O) groups excluding carboxylic acids is 2. The molecule has 2 N–H and O–H groups in total. The predicted molar refractivity (Wildman–Crippen MR) is 103 cm³/mol. The number of thiophene rings is 1. The van der Waals surface area contributed by atoms with Crippen molar-refractivity contribution in [3.63, 3.8) is 0 Å². The lowest BCUT2D eigenvalue weighted by Gasteiger charge is -2.13. The second-order valence-corrected chi connectivity index (χ2v) is 8.06. The summed E-state index contributed by atoms with van der Waals surface area (Å²) < 4.78 is 5.75. The highest BCUT2D eigenvalue weighted by atomic mass is 32.1. The van der Waals surface area contributed by atoms with Crippen molar-refractivity contribution in [2.75, 3.05) is 5.32 Å². The van der Waals surface area contributed by atoms with Crippen LogP contribution in [0.25, 0.3) is 11.1 Å². The van der Waals surface area contributed by atoms with Gasteiger partial charge in [-0.3, -0.25) is 9.59 Å². The summed E-state index contributed by atoms with van der Waals surface area (Å²) in [5.41, 5.74) is 1.77. The third-order valence-electron chi connectivity index (χ3n) is 3.78. The van der Waals surface area contributed by atoms with Gasteiger partial charge in [0.25, 0.3) is 5.91 Å². The van der Waals surface area contributed by atoms with Gasteiger partial charge >= 0.3 is 0 Å². The number of benzene rings is 1. The third-order valence-corrected chi connectivity index (χ3v) is 4.65. The van der Waals surface area contributed by atoms with Crippen molar-refractivity contribution in [1.82, 2.24) is 10.3 Å². The van der Waals surface area contributed by atoms with Gasteiger partial charge in [-0.15, -0.1) is 11.3 Å². The minimum absolute atomic E-state index is 0.191. The molecule has 7 heteroatoms. The summed E-state index contributed by atoms with van der Waals surface area (Å²) in [4.78, 5) is 29.5. The zero-order valence-electron chi connectivity index (χ0n) is 15.1. The molecular weight excluding hydrogens is 350 g/mol. The van der Waals surface area contributed by atoms with Crippen molar-refractivity contribution < 1.29 is 14.0 Å². The molecule has 2 aromatic heterocycles. The Morgan fingerprint density at radius 1 is 1.23 bits per heavy atom. The van der Waals surface area contributed by atoms with Crippen LogP contribution < -0.4 is 10.6 Å². The first kappa shape index (κ1) is 18.1. The predicted octanol–water partition coefficient (Wildman–Crippen LogP) is 3.94. The first-order valence-corrected chi connectivity index (χ1v) is 9.18. The molecule has 1 atom stereocenters. The van der Waals surface area contributed by atoms with E-state index >= 15 is 0 Å². The lowest BCUT2D eigenvalue weighted by molar-refractivity contribution is -0.117. The lowest BCUT2D eigenvalue weighted by Crippen LogP contribution is -2.41. The number of nitrogens with one attached hydrogen (secondary N) is 2. The topological polar surface area (TPSA) is 84.2 Å². The Hall–Kier alpha value is -2.67. The van der Waals surface area contributed by atoms with Crippen molar-refractivity contribution >= 4 is 39.9 Å². The summed E-state index contributed by atoms with van der Waals surface area (Å²) in [6.45, 7) is 7.72. The molecule has 0 spiro atoms. The van der Waals surface area contributed by atoms with Gasteiger partial charge in [-0.2, -0.15) is 0 Å². The Bertz CT molecular complexity index is 939. The molecule has 6 nitrogen and oxygen atoms in total. The van der Waals surface area contributed by atoms with Crippen molar-refractivity contribution in [1.29, 1.82) is 0 Å². The van der Waals surface area contributed by atoms with Crippen LogP contribution in [0.5, 0.6) is 0 Å². The van der Waals surface area contributed by atoms with E-state index in [2.05, 4.69) is 15.6 Å². The van der Waals surface area contributed by atoms with Crippen LogP contribution in [0.2, 0.25) is 0 Å². The van der Waals surface area contributed by atoms with Crippen LogP contribution in [0.4, 0.5) is 5.69 Å². The number of hydrogen-bond acceptors (Lipinski definition) is 5. The first-order valence-electron chi connectivity index (χ1n) is 8.30. The molecule has 26 heavy (non-hydrogen) atoms. The SMILES string of the molecule is CC(NC(=O)c1cccs1)C(=O)Nc1ccc2oc(C(C)(C)C)nc2c1. The number of anilines is 1. The molecule has 0 aliphatic carbocycles. The Balaban J connectivity index is 1.69. The van der Waals surface area contributed by atoms with E-state index in [1.54, 1.807) is 37.3 Å². The molecule has 2 heterocycles. The standard InChI is InChI=1S/C19H21N3O3S/c1-11(20-17(24)15-6-5-9-26-15)16(23)21-12-7-8-14-13(10-12)22-18(25-14)19(2,3)4/h5-11H,1-4H3,(H,20,24)(H,21,23). The highest BCUT2D eigenvalue weighted by Crippen LogP contribution is 2.27. The molecule has 0 aliphatic rings. The van der Waals surface area contributed by atoms with E-state index in [-0.39, 0.29) is 17.2 Å². The highest BCUT2D eigenvalue weighted by molar-refractivity contribution is 7.12. The van der Waals surface area contributed by atoms with Gasteiger partial charge in [-0.05, 0) is 36.6 Å². The van der Waals surface area contributed by atoms with Crippen LogP contribution >= 0.6 is 11.3 Å². The molecule has 0 bridgehead atoms. The Morgan fingerprint density at radius 2 is 2.00 bits per heavy atom. The number of amides is 2. The summed E-state index contributed by atoms with van der Waals surface area (Å²) in [7, 11) is 0. The molecule has 3 rings (SSSR count). The molecule has 2 amide bonds. The van der Waals surface area contributed by atoms with E-state index in [0.717, 1.165) is 0 Å². The fraction of sp³-hybridized carbons (Fsp3) is 0.316. The number of fused-ring (bicyclic) bond motifs is 1. The Morgan fingerprint density at radius 3 is 2.65 bits per heavy atom. The number of rotatable bonds is 4. The molecule has 0 saturated heterocycles. The van der Waals surface area contributed by atoms with E-state index in [1.807, 2.05) is 26.2 Å². The fourth-order valence-corrected chi connectivity index (χ4v) is 2.94. The van der Waals surface area contributed by atoms with Crippen LogP contribution in [-0.2, 0) is 10.2 Å². The summed E-state index contributed by atoms with van der Waals surface area (Å²) in [6, 6.07) is 8.15. The molecule has 0 radical (unpaired) electrons. The number of oxazole rings is 1. The maximum Gasteiger partial charge on any atom is 0.261 e. The van der Waals surface area contributed by atoms with Crippen molar-refractivity contribution in [3.8, 4) is 0 Å². The normalized spacial score (nSPS) is 12.8. The second kappa shape index (κ2) is 6.92. The maximum absolute atomic E-state index is 12.4. The van der Waals surface area contributed by atoms with Crippen molar-refractivity contribution in [2.45, 2.75) is 39.2 Å². The van der Waals surface area contributed by atoms with E-state index in [1.165, 1.54) is 11.3 Å². The smallest absolute Gasteiger partial charge is 0.261 e. The summed E-state index contributed by atoms with van der Waals surface area (Å²) >= 11 is 1.33. The van der Waals surface area contributed by atoms with Crippen LogP contribution in [-0.4, -0.2) is 22.8 Å². The van der Waals surface area contributed by atoms with Gasteiger partial charge in [-0.25, -0.2) is 4.98 Å². The molecule has 0 saturated carbocycles. The van der Waals surface area contributed by atoms with Crippen LogP contribution in [0.15, 0.2) is 40.1 Å². The van der Waals surface area contributed by atoms with Gasteiger partial charge in [0, 0.05) is 11.1 Å². The molecule has 0 aliphatic heterocycles. The number of hydrogen-bond donors (Lipinski definition) is 2. The minimum Gasteiger partial charge on any atom is -0.440 e. The lowest BCUT2D eigenvalue weighted by atomic mass is 9.97. The minimum atomic E-state index is -0.664. The largest absolute Gasteiger partial charge is 0.440 e. The van der Waals surface area contributed by atoms with Crippen LogP contribution in [0.3, 0.4) is 0 Å². The molecule has 1 aromatic carbocycles. The average molecular weight is 371 g/mol. The maximum atomic E-state index is 12.4. The van der Waals surface area contributed by atoms with Crippen molar-refractivity contribution in [3.05, 3.63) is 46.5 Å². The van der Waals surface area contributed by atoms with E-state index < -0.39 is 6.04 Å². The van der Waals surface area contributed by atoms with Gasteiger partial charge in [0.15, 0.2) is 5.58 Å². The summed E-state index contributed by atoms with van der Waals surface area (Å²) in [5, 5.41) is 7.31. The Labute approximate surface area is 155 Å². The first-order chi connectivity index (χ1) is 12.2. The molecule has 136 valence electrons. The van der Waals surface area contributed by atoms with E-state index in [9.17, 15) is 9.59 Å². The third kappa shape index (κ3) is 3.94. The van der Waals surface area contributed by atoms with E-state index in [0.29, 0.717) is 27.6 Å². The second-order valence-electron chi connectivity index (χ2n) is 7.11.